The summed E-state index contributed by atoms with van der Waals surface area (Å²) >= 11 is 0. The molecule has 2 amide bonds. The predicted molar refractivity (Wildman–Crippen MR) is 124 cm³/mol. The molecule has 3 rings (SSSR count). The van der Waals surface area contributed by atoms with Gasteiger partial charge in [-0.15, -0.1) is 4.83 Å². The molecule has 1 heterocycles. The van der Waals surface area contributed by atoms with Crippen molar-refractivity contribution in [2.75, 3.05) is 25.5 Å². The molecule has 0 saturated heterocycles. The zero-order chi connectivity index (χ0) is 23.8. The van der Waals surface area contributed by atoms with Crippen molar-refractivity contribution >= 4 is 33.7 Å². The van der Waals surface area contributed by atoms with Gasteiger partial charge in [-0.25, -0.2) is 18.9 Å². The number of carbonyl (C=O) groups is 2. The van der Waals surface area contributed by atoms with Crippen LogP contribution in [0.3, 0.4) is 0 Å². The first-order valence-corrected chi connectivity index (χ1v) is 11.6. The van der Waals surface area contributed by atoms with Crippen molar-refractivity contribution in [1.29, 1.82) is 0 Å². The Labute approximate surface area is 192 Å². The summed E-state index contributed by atoms with van der Waals surface area (Å²) in [6.45, 7) is 1.93. The molecule has 3 N–H and O–H groups in total. The maximum Gasteiger partial charge on any atom is 0.267 e. The van der Waals surface area contributed by atoms with E-state index in [1.807, 2.05) is 12.1 Å². The third-order valence-electron chi connectivity index (χ3n) is 4.73. The van der Waals surface area contributed by atoms with Crippen LogP contribution in [0.15, 0.2) is 70.2 Å². The van der Waals surface area contributed by atoms with Crippen molar-refractivity contribution in [2.24, 2.45) is 5.10 Å². The first kappa shape index (κ1) is 24.1. The normalized spacial score (nSPS) is 14.5. The maximum atomic E-state index is 12.6. The van der Waals surface area contributed by atoms with Crippen molar-refractivity contribution in [1.82, 2.24) is 15.3 Å². The molecule has 0 radical (unpaired) electrons. The average Bonchev–Trinajstić information content (AvgIpc) is 2.79. The molecule has 174 valence electrons. The van der Waals surface area contributed by atoms with Gasteiger partial charge in [-0.3, -0.25) is 9.59 Å². The highest BCUT2D eigenvalue weighted by molar-refractivity contribution is 7.89. The molecule has 1 aliphatic heterocycles. The predicted octanol–water partition coefficient (Wildman–Crippen LogP) is 1.63. The molecule has 0 fully saturated rings. The highest BCUT2D eigenvalue weighted by Gasteiger charge is 2.22. The van der Waals surface area contributed by atoms with E-state index in [0.29, 0.717) is 24.2 Å². The van der Waals surface area contributed by atoms with Crippen LogP contribution in [0.4, 0.5) is 5.69 Å². The lowest BCUT2D eigenvalue weighted by Crippen LogP contribution is -2.45. The van der Waals surface area contributed by atoms with Crippen LogP contribution in [0.1, 0.15) is 18.9 Å². The number of nitrogens with one attached hydrogen (secondary N) is 3. The van der Waals surface area contributed by atoms with Gasteiger partial charge in [0.1, 0.15) is 5.75 Å². The second-order valence-electron chi connectivity index (χ2n) is 7.20. The van der Waals surface area contributed by atoms with Crippen LogP contribution >= 0.6 is 0 Å². The van der Waals surface area contributed by atoms with Gasteiger partial charge in [-0.2, -0.15) is 5.10 Å². The standard InChI is InChI=1S/C22H25N5O5S/c1-16(28)24-19-5-9-21(10-6-19)33(30,31)26-27-13-11-18(12-14-27)22(29)25-23-15-17-3-7-20(32-2)8-4-17/h3-11,15,26H,12-14H2,1-2H3,(H,24,28)(H,25,29)/b23-15-. The molecule has 0 spiro atoms. The number of anilines is 1. The van der Waals surface area contributed by atoms with Crippen molar-refractivity contribution in [3.8, 4) is 5.75 Å². The highest BCUT2D eigenvalue weighted by Crippen LogP contribution is 2.16. The Morgan fingerprint density at radius 1 is 1.09 bits per heavy atom. The number of ether oxygens (including phenoxy) is 1. The van der Waals surface area contributed by atoms with Gasteiger partial charge >= 0.3 is 0 Å². The molecule has 33 heavy (non-hydrogen) atoms. The second kappa shape index (κ2) is 10.9. The quantitative estimate of drug-likeness (QED) is 0.396. The lowest BCUT2D eigenvalue weighted by molar-refractivity contribution is -0.117. The second-order valence-corrected chi connectivity index (χ2v) is 8.86. The van der Waals surface area contributed by atoms with Crippen LogP contribution < -0.4 is 20.3 Å². The molecule has 11 heteroatoms. The smallest absolute Gasteiger partial charge is 0.267 e. The number of nitrogens with zero attached hydrogens (tertiary/aromatic N) is 2. The Balaban J connectivity index is 1.52. The third-order valence-corrected chi connectivity index (χ3v) is 6.12. The number of methoxy groups -OCH3 is 1. The molecule has 0 unspecified atom stereocenters. The van der Waals surface area contributed by atoms with Gasteiger partial charge in [-0.1, -0.05) is 6.08 Å². The summed E-state index contributed by atoms with van der Waals surface area (Å²) < 4.78 is 30.3. The number of rotatable bonds is 8. The van der Waals surface area contributed by atoms with E-state index < -0.39 is 10.0 Å². The summed E-state index contributed by atoms with van der Waals surface area (Å²) in [5.74, 6) is 0.150. The Hall–Kier alpha value is -3.54. The number of hydrogen-bond donors (Lipinski definition) is 3. The van der Waals surface area contributed by atoms with E-state index >= 15 is 0 Å². The molecular formula is C22H25N5O5S. The number of hydrazone groups is 1. The van der Waals surface area contributed by atoms with Gasteiger partial charge in [0.25, 0.3) is 15.9 Å². The molecule has 10 nitrogen and oxygen atoms in total. The van der Waals surface area contributed by atoms with E-state index in [0.717, 1.165) is 11.3 Å². The van der Waals surface area contributed by atoms with Crippen LogP contribution in [-0.2, 0) is 19.6 Å². The first-order valence-electron chi connectivity index (χ1n) is 10.1. The number of amides is 2. The highest BCUT2D eigenvalue weighted by atomic mass is 32.2. The summed E-state index contributed by atoms with van der Waals surface area (Å²) in [7, 11) is -2.21. The first-order chi connectivity index (χ1) is 15.8. The fraction of sp³-hybridized carbons (Fsp3) is 0.227. The number of hydrogen-bond acceptors (Lipinski definition) is 7. The number of benzene rings is 2. The summed E-state index contributed by atoms with van der Waals surface area (Å²) in [4.78, 5) is 26.0. The van der Waals surface area contributed by atoms with Crippen LogP contribution in [0.5, 0.6) is 5.75 Å². The topological polar surface area (TPSA) is 129 Å². The summed E-state index contributed by atoms with van der Waals surface area (Å²) in [6.07, 6.45) is 3.54. The van der Waals surface area contributed by atoms with E-state index in [9.17, 15) is 18.0 Å². The van der Waals surface area contributed by atoms with Crippen molar-refractivity contribution in [2.45, 2.75) is 18.2 Å². The summed E-state index contributed by atoms with van der Waals surface area (Å²) in [5.41, 5.74) is 4.32. The average molecular weight is 472 g/mol. The molecule has 0 aliphatic carbocycles. The SMILES string of the molecule is COc1ccc(/C=N\NC(=O)C2=CCN(NS(=O)(=O)c3ccc(NC(C)=O)cc3)CC2)cc1. The van der Waals surface area contributed by atoms with Crippen molar-refractivity contribution < 1.29 is 22.7 Å². The van der Waals surface area contributed by atoms with Crippen LogP contribution in [0, 0.1) is 0 Å². The van der Waals surface area contributed by atoms with E-state index in [4.69, 9.17) is 4.74 Å². The van der Waals surface area contributed by atoms with Gasteiger partial charge in [0.15, 0.2) is 0 Å². The van der Waals surface area contributed by atoms with E-state index in [1.54, 1.807) is 25.3 Å². The van der Waals surface area contributed by atoms with Gasteiger partial charge in [0, 0.05) is 31.3 Å². The molecule has 0 aromatic heterocycles. The molecular weight excluding hydrogens is 446 g/mol. The third kappa shape index (κ3) is 6.97. The van der Waals surface area contributed by atoms with Gasteiger partial charge in [-0.05, 0) is 60.5 Å². The molecule has 0 atom stereocenters. The van der Waals surface area contributed by atoms with Crippen LogP contribution in [0.2, 0.25) is 0 Å². The minimum Gasteiger partial charge on any atom is -0.497 e. The van der Waals surface area contributed by atoms with Gasteiger partial charge < -0.3 is 10.1 Å². The lowest BCUT2D eigenvalue weighted by atomic mass is 10.1. The van der Waals surface area contributed by atoms with Gasteiger partial charge in [0.2, 0.25) is 5.91 Å². The Morgan fingerprint density at radius 2 is 1.79 bits per heavy atom. The number of sulfonamides is 1. The molecule has 0 bridgehead atoms. The molecule has 0 saturated carbocycles. The van der Waals surface area contributed by atoms with Crippen LogP contribution in [0.25, 0.3) is 0 Å². The van der Waals surface area contributed by atoms with Crippen molar-refractivity contribution in [3.05, 3.63) is 65.7 Å². The molecule has 1 aliphatic rings. The fourth-order valence-corrected chi connectivity index (χ4v) is 4.13. The zero-order valence-electron chi connectivity index (χ0n) is 18.2. The Bertz CT molecular complexity index is 1160. The monoisotopic (exact) mass is 471 g/mol. The van der Waals surface area contributed by atoms with Gasteiger partial charge in [0.05, 0.1) is 18.2 Å². The van der Waals surface area contributed by atoms with E-state index in [-0.39, 0.29) is 23.3 Å². The Morgan fingerprint density at radius 3 is 2.36 bits per heavy atom. The molecule has 2 aromatic rings. The minimum absolute atomic E-state index is 0.0667. The minimum atomic E-state index is -3.79. The lowest BCUT2D eigenvalue weighted by Gasteiger charge is -2.25. The zero-order valence-corrected chi connectivity index (χ0v) is 19.1. The summed E-state index contributed by atoms with van der Waals surface area (Å²) in [6, 6.07) is 13.1. The number of carbonyl (C=O) groups excluding carboxylic acids is 2. The molecule has 2 aromatic carbocycles. The largest absolute Gasteiger partial charge is 0.497 e. The maximum absolute atomic E-state index is 12.6. The fourth-order valence-electron chi connectivity index (χ4n) is 3.03. The van der Waals surface area contributed by atoms with E-state index in [1.165, 1.54) is 42.4 Å². The van der Waals surface area contributed by atoms with Crippen LogP contribution in [-0.4, -0.2) is 51.7 Å². The van der Waals surface area contributed by atoms with E-state index in [2.05, 4.69) is 20.7 Å². The Kier molecular flexibility index (Phi) is 7.93. The summed E-state index contributed by atoms with van der Waals surface area (Å²) in [5, 5.41) is 8.05. The van der Waals surface area contributed by atoms with Crippen molar-refractivity contribution in [3.63, 3.8) is 0 Å². The number of hydrazine groups is 1.